The molecule has 3 N–H and O–H groups in total. The first-order chi connectivity index (χ1) is 9.02. The van der Waals surface area contributed by atoms with E-state index in [-0.39, 0.29) is 17.9 Å². The number of nitrogens with two attached hydrogens (primary N) is 1. The van der Waals surface area contributed by atoms with Crippen LogP contribution in [0.2, 0.25) is 0 Å². The van der Waals surface area contributed by atoms with E-state index in [2.05, 4.69) is 24.1 Å². The van der Waals surface area contributed by atoms with Crippen LogP contribution in [0.25, 0.3) is 0 Å². The minimum absolute atomic E-state index is 0.0151. The van der Waals surface area contributed by atoms with Crippen molar-refractivity contribution in [3.05, 3.63) is 30.1 Å². The summed E-state index contributed by atoms with van der Waals surface area (Å²) < 4.78 is 0. The van der Waals surface area contributed by atoms with Crippen molar-refractivity contribution in [1.82, 2.24) is 10.3 Å². The average Bonchev–Trinajstić information content (AvgIpc) is 2.38. The maximum absolute atomic E-state index is 12.0. The first-order valence-electron chi connectivity index (χ1n) is 6.92. The van der Waals surface area contributed by atoms with Crippen LogP contribution in [0.15, 0.2) is 24.5 Å². The molecule has 0 aliphatic carbocycles. The number of nitrogens with zero attached hydrogens (tertiary/aromatic N) is 1. The van der Waals surface area contributed by atoms with Gasteiger partial charge in [-0.15, -0.1) is 0 Å². The number of rotatable bonds is 7. The molecule has 0 spiro atoms. The van der Waals surface area contributed by atoms with Crippen LogP contribution in [-0.2, 0) is 4.79 Å². The summed E-state index contributed by atoms with van der Waals surface area (Å²) in [5.74, 6) is 0.894. The van der Waals surface area contributed by atoms with Gasteiger partial charge >= 0.3 is 0 Å². The highest BCUT2D eigenvalue weighted by Gasteiger charge is 2.16. The summed E-state index contributed by atoms with van der Waals surface area (Å²) in [6.45, 7) is 6.83. The van der Waals surface area contributed by atoms with E-state index >= 15 is 0 Å². The zero-order valence-electron chi connectivity index (χ0n) is 12.1. The van der Waals surface area contributed by atoms with Crippen LogP contribution in [0.1, 0.15) is 45.2 Å². The predicted octanol–water partition coefficient (Wildman–Crippen LogP) is 2.27. The van der Waals surface area contributed by atoms with Crippen LogP contribution in [-0.4, -0.2) is 17.4 Å². The second-order valence-electron chi connectivity index (χ2n) is 5.51. The number of pyridine rings is 1. The molecular weight excluding hydrogens is 238 g/mol. The van der Waals surface area contributed by atoms with E-state index in [1.54, 1.807) is 12.4 Å². The molecule has 0 bridgehead atoms. The third-order valence-electron chi connectivity index (χ3n) is 3.17. The normalized spacial score (nSPS) is 14.2. The third-order valence-corrected chi connectivity index (χ3v) is 3.17. The Kier molecular flexibility index (Phi) is 6.50. The molecule has 19 heavy (non-hydrogen) atoms. The highest BCUT2D eigenvalue weighted by atomic mass is 16.1. The van der Waals surface area contributed by atoms with Crippen molar-refractivity contribution >= 4 is 5.91 Å². The zero-order chi connectivity index (χ0) is 14.3. The highest BCUT2D eigenvalue weighted by Crippen LogP contribution is 2.16. The molecule has 4 heteroatoms. The standard InChI is InChI=1S/C15H25N3O/c1-11(2)7-13(9-16)8-15(19)18-12(3)14-5-4-6-17-10-14/h4-6,10-13H,7-9,16H2,1-3H3,(H,18,19)/t12?,13-/m0/s1. The summed E-state index contributed by atoms with van der Waals surface area (Å²) in [6.07, 6.45) is 5.00. The number of hydrogen-bond donors (Lipinski definition) is 2. The summed E-state index contributed by atoms with van der Waals surface area (Å²) in [5.41, 5.74) is 6.74. The zero-order valence-corrected chi connectivity index (χ0v) is 12.1. The van der Waals surface area contributed by atoms with E-state index < -0.39 is 0 Å². The SMILES string of the molecule is CC(C)C[C@H](CN)CC(=O)NC(C)c1cccnc1. The van der Waals surface area contributed by atoms with E-state index in [1.807, 2.05) is 19.1 Å². The summed E-state index contributed by atoms with van der Waals surface area (Å²) in [5, 5.41) is 3.00. The number of nitrogens with one attached hydrogen (secondary N) is 1. The van der Waals surface area contributed by atoms with Gasteiger partial charge in [-0.3, -0.25) is 9.78 Å². The maximum Gasteiger partial charge on any atom is 0.220 e. The van der Waals surface area contributed by atoms with Gasteiger partial charge in [-0.05, 0) is 43.4 Å². The van der Waals surface area contributed by atoms with Gasteiger partial charge in [0, 0.05) is 18.8 Å². The lowest BCUT2D eigenvalue weighted by Crippen LogP contribution is -2.30. The van der Waals surface area contributed by atoms with Crippen LogP contribution in [0.5, 0.6) is 0 Å². The van der Waals surface area contributed by atoms with Crippen molar-refractivity contribution in [2.24, 2.45) is 17.6 Å². The molecule has 0 radical (unpaired) electrons. The molecule has 1 rings (SSSR count). The highest BCUT2D eigenvalue weighted by molar-refractivity contribution is 5.76. The molecule has 0 aliphatic rings. The predicted molar refractivity (Wildman–Crippen MR) is 77.4 cm³/mol. The molecule has 1 aromatic heterocycles. The Morgan fingerprint density at radius 2 is 2.16 bits per heavy atom. The van der Waals surface area contributed by atoms with Crippen LogP contribution >= 0.6 is 0 Å². The van der Waals surface area contributed by atoms with E-state index in [0.29, 0.717) is 18.9 Å². The molecule has 0 fully saturated rings. The molecule has 1 aromatic rings. The Hall–Kier alpha value is -1.42. The molecule has 1 amide bonds. The van der Waals surface area contributed by atoms with Gasteiger partial charge in [0.15, 0.2) is 0 Å². The smallest absolute Gasteiger partial charge is 0.220 e. The largest absolute Gasteiger partial charge is 0.350 e. The van der Waals surface area contributed by atoms with Crippen molar-refractivity contribution < 1.29 is 4.79 Å². The molecule has 0 aliphatic heterocycles. The van der Waals surface area contributed by atoms with Gasteiger partial charge in [0.05, 0.1) is 6.04 Å². The molecule has 1 heterocycles. The van der Waals surface area contributed by atoms with Crippen molar-refractivity contribution in [2.45, 2.75) is 39.7 Å². The minimum Gasteiger partial charge on any atom is -0.350 e. The molecule has 2 atom stereocenters. The lowest BCUT2D eigenvalue weighted by atomic mass is 9.94. The number of aromatic nitrogens is 1. The Morgan fingerprint density at radius 3 is 2.68 bits per heavy atom. The van der Waals surface area contributed by atoms with E-state index in [4.69, 9.17) is 5.73 Å². The first-order valence-corrected chi connectivity index (χ1v) is 6.92. The van der Waals surface area contributed by atoms with Crippen LogP contribution in [0.4, 0.5) is 0 Å². The number of hydrogen-bond acceptors (Lipinski definition) is 3. The number of amides is 1. The second kappa shape index (κ2) is 7.89. The van der Waals surface area contributed by atoms with Gasteiger partial charge in [-0.1, -0.05) is 19.9 Å². The van der Waals surface area contributed by atoms with Gasteiger partial charge in [0.25, 0.3) is 0 Å². The van der Waals surface area contributed by atoms with Crippen molar-refractivity contribution in [3.8, 4) is 0 Å². The van der Waals surface area contributed by atoms with Gasteiger partial charge in [-0.25, -0.2) is 0 Å². The molecule has 0 aromatic carbocycles. The fourth-order valence-corrected chi connectivity index (χ4v) is 2.21. The van der Waals surface area contributed by atoms with E-state index in [9.17, 15) is 4.79 Å². The quantitative estimate of drug-likeness (QED) is 0.793. The Bertz CT molecular complexity index is 378. The second-order valence-corrected chi connectivity index (χ2v) is 5.51. The fourth-order valence-electron chi connectivity index (χ4n) is 2.21. The van der Waals surface area contributed by atoms with Crippen molar-refractivity contribution in [3.63, 3.8) is 0 Å². The molecule has 0 saturated heterocycles. The lowest BCUT2D eigenvalue weighted by Gasteiger charge is -2.19. The van der Waals surface area contributed by atoms with Crippen LogP contribution in [0.3, 0.4) is 0 Å². The number of carbonyl (C=O) groups is 1. The first kappa shape index (κ1) is 15.6. The van der Waals surface area contributed by atoms with Gasteiger partial charge in [0.2, 0.25) is 5.91 Å². The maximum atomic E-state index is 12.0. The molecule has 0 saturated carbocycles. The molecule has 106 valence electrons. The van der Waals surface area contributed by atoms with E-state index in [1.165, 1.54) is 0 Å². The fraction of sp³-hybridized carbons (Fsp3) is 0.600. The summed E-state index contributed by atoms with van der Waals surface area (Å²) >= 11 is 0. The van der Waals surface area contributed by atoms with Crippen molar-refractivity contribution in [2.75, 3.05) is 6.54 Å². The Morgan fingerprint density at radius 1 is 1.42 bits per heavy atom. The minimum atomic E-state index is -0.0151. The van der Waals surface area contributed by atoms with Crippen LogP contribution in [0, 0.1) is 11.8 Å². The summed E-state index contributed by atoms with van der Waals surface area (Å²) in [7, 11) is 0. The van der Waals surface area contributed by atoms with Gasteiger partial charge < -0.3 is 11.1 Å². The topological polar surface area (TPSA) is 68.0 Å². The van der Waals surface area contributed by atoms with Crippen LogP contribution < -0.4 is 11.1 Å². The van der Waals surface area contributed by atoms with Gasteiger partial charge in [-0.2, -0.15) is 0 Å². The Balaban J connectivity index is 2.46. The summed E-state index contributed by atoms with van der Waals surface area (Å²) in [6, 6.07) is 3.82. The number of carbonyl (C=O) groups excluding carboxylic acids is 1. The Labute approximate surface area is 115 Å². The monoisotopic (exact) mass is 263 g/mol. The molecular formula is C15H25N3O. The van der Waals surface area contributed by atoms with Crippen molar-refractivity contribution in [1.29, 1.82) is 0 Å². The van der Waals surface area contributed by atoms with E-state index in [0.717, 1.165) is 12.0 Å². The lowest BCUT2D eigenvalue weighted by molar-refractivity contribution is -0.122. The molecule has 4 nitrogen and oxygen atoms in total. The average molecular weight is 263 g/mol. The molecule has 1 unspecified atom stereocenters. The summed E-state index contributed by atoms with van der Waals surface area (Å²) in [4.78, 5) is 16.0. The van der Waals surface area contributed by atoms with Gasteiger partial charge in [0.1, 0.15) is 0 Å². The third kappa shape index (κ3) is 5.83.